The number of benzene rings is 1. The molecule has 2 nitrogen and oxygen atoms in total. The zero-order chi connectivity index (χ0) is 13.2. The van der Waals surface area contributed by atoms with E-state index in [4.69, 9.17) is 4.74 Å². The van der Waals surface area contributed by atoms with Gasteiger partial charge in [0.1, 0.15) is 5.75 Å². The number of aliphatic hydroxyl groups excluding tert-OH is 1. The molecule has 0 fully saturated rings. The molecule has 0 saturated carbocycles. The molecule has 96 valence electrons. The van der Waals surface area contributed by atoms with E-state index in [2.05, 4.69) is 20.8 Å². The molecule has 0 spiro atoms. The predicted molar refractivity (Wildman–Crippen MR) is 71.5 cm³/mol. The lowest BCUT2D eigenvalue weighted by atomic mass is 9.85. The maximum Gasteiger partial charge on any atom is 0.122 e. The zero-order valence-electron chi connectivity index (χ0n) is 11.8. The average Bonchev–Trinajstić information content (AvgIpc) is 2.18. The maximum absolute atomic E-state index is 10.3. The van der Waals surface area contributed by atoms with Gasteiger partial charge in [-0.05, 0) is 54.5 Å². The minimum Gasteiger partial charge on any atom is -0.496 e. The molecule has 1 atom stereocenters. The largest absolute Gasteiger partial charge is 0.496 e. The molecule has 1 unspecified atom stereocenters. The molecule has 1 aromatic rings. The van der Waals surface area contributed by atoms with Gasteiger partial charge in [0.05, 0.1) is 13.2 Å². The molecule has 17 heavy (non-hydrogen) atoms. The van der Waals surface area contributed by atoms with Gasteiger partial charge in [-0.1, -0.05) is 20.8 Å². The summed E-state index contributed by atoms with van der Waals surface area (Å²) in [7, 11) is 1.67. The summed E-state index contributed by atoms with van der Waals surface area (Å²) >= 11 is 0. The summed E-state index contributed by atoms with van der Waals surface area (Å²) in [5, 5.41) is 10.3. The Labute approximate surface area is 105 Å². The molecule has 1 aromatic carbocycles. The lowest BCUT2D eigenvalue weighted by Crippen LogP contribution is -2.12. The maximum atomic E-state index is 10.3. The van der Waals surface area contributed by atoms with E-state index in [0.29, 0.717) is 0 Å². The van der Waals surface area contributed by atoms with E-state index in [0.717, 1.165) is 28.9 Å². The monoisotopic (exact) mass is 236 g/mol. The first-order valence-corrected chi connectivity index (χ1v) is 6.08. The summed E-state index contributed by atoms with van der Waals surface area (Å²) in [6.45, 7) is 10.4. The van der Waals surface area contributed by atoms with Crippen molar-refractivity contribution in [3.05, 3.63) is 28.8 Å². The minimum absolute atomic E-state index is 0.125. The summed E-state index contributed by atoms with van der Waals surface area (Å²) in [5.41, 5.74) is 3.29. The van der Waals surface area contributed by atoms with E-state index in [1.54, 1.807) is 7.11 Å². The Kier molecular flexibility index (Phi) is 4.21. The Bertz CT molecular complexity index is 389. The third-order valence-electron chi connectivity index (χ3n) is 2.95. The van der Waals surface area contributed by atoms with Crippen molar-refractivity contribution >= 4 is 0 Å². The highest BCUT2D eigenvalue weighted by Gasteiger charge is 2.20. The molecule has 0 aliphatic carbocycles. The fraction of sp³-hybridized carbons (Fsp3) is 0.600. The van der Waals surface area contributed by atoms with Crippen LogP contribution < -0.4 is 4.74 Å². The van der Waals surface area contributed by atoms with Crippen molar-refractivity contribution in [3.63, 3.8) is 0 Å². The van der Waals surface area contributed by atoms with E-state index in [9.17, 15) is 5.11 Å². The van der Waals surface area contributed by atoms with Crippen LogP contribution in [-0.4, -0.2) is 12.2 Å². The normalized spacial score (nSPS) is 13.6. The van der Waals surface area contributed by atoms with Crippen LogP contribution in [0.25, 0.3) is 0 Å². The van der Waals surface area contributed by atoms with Crippen molar-refractivity contribution in [2.75, 3.05) is 7.11 Å². The fourth-order valence-corrected chi connectivity index (χ4v) is 2.08. The second-order valence-electron chi connectivity index (χ2n) is 5.96. The van der Waals surface area contributed by atoms with Crippen molar-refractivity contribution in [1.82, 2.24) is 0 Å². The Morgan fingerprint density at radius 1 is 1.18 bits per heavy atom. The minimum atomic E-state index is -0.403. The van der Waals surface area contributed by atoms with Gasteiger partial charge < -0.3 is 9.84 Å². The van der Waals surface area contributed by atoms with Gasteiger partial charge in [0.25, 0.3) is 0 Å². The van der Waals surface area contributed by atoms with Crippen LogP contribution in [0.2, 0.25) is 0 Å². The fourth-order valence-electron chi connectivity index (χ4n) is 2.08. The highest BCUT2D eigenvalue weighted by molar-refractivity contribution is 5.42. The molecule has 1 N–H and O–H groups in total. The number of ether oxygens (including phenoxy) is 1. The second-order valence-corrected chi connectivity index (χ2v) is 5.96. The quantitative estimate of drug-likeness (QED) is 0.865. The number of aliphatic hydroxyl groups is 1. The van der Waals surface area contributed by atoms with Crippen LogP contribution in [0.15, 0.2) is 12.1 Å². The number of hydrogen-bond donors (Lipinski definition) is 1. The SMILES string of the molecule is COc1cc(C)c(C(O)CC(C)(C)C)cc1C. The van der Waals surface area contributed by atoms with Gasteiger partial charge in [-0.3, -0.25) is 0 Å². The van der Waals surface area contributed by atoms with E-state index in [1.807, 2.05) is 26.0 Å². The summed E-state index contributed by atoms with van der Waals surface area (Å²) in [5.74, 6) is 0.884. The molecule has 0 bridgehead atoms. The Morgan fingerprint density at radius 3 is 2.24 bits per heavy atom. The predicted octanol–water partition coefficient (Wildman–Crippen LogP) is 3.78. The van der Waals surface area contributed by atoms with Crippen molar-refractivity contribution < 1.29 is 9.84 Å². The van der Waals surface area contributed by atoms with E-state index in [1.165, 1.54) is 0 Å². The third-order valence-corrected chi connectivity index (χ3v) is 2.95. The van der Waals surface area contributed by atoms with Crippen LogP contribution >= 0.6 is 0 Å². The van der Waals surface area contributed by atoms with Crippen LogP contribution in [0.3, 0.4) is 0 Å². The van der Waals surface area contributed by atoms with Gasteiger partial charge in [-0.2, -0.15) is 0 Å². The second kappa shape index (κ2) is 5.09. The first-order valence-electron chi connectivity index (χ1n) is 6.08. The van der Waals surface area contributed by atoms with Crippen LogP contribution in [0.1, 0.15) is 50.0 Å². The smallest absolute Gasteiger partial charge is 0.122 e. The highest BCUT2D eigenvalue weighted by Crippen LogP contribution is 2.33. The van der Waals surface area contributed by atoms with Crippen molar-refractivity contribution in [2.45, 2.75) is 47.1 Å². The number of methoxy groups -OCH3 is 1. The van der Waals surface area contributed by atoms with Crippen molar-refractivity contribution in [1.29, 1.82) is 0 Å². The third kappa shape index (κ3) is 3.74. The van der Waals surface area contributed by atoms with Gasteiger partial charge in [-0.15, -0.1) is 0 Å². The first kappa shape index (κ1) is 14.0. The van der Waals surface area contributed by atoms with Gasteiger partial charge in [-0.25, -0.2) is 0 Å². The molecule has 0 aliphatic rings. The molecule has 0 saturated heterocycles. The molecule has 0 heterocycles. The summed E-state index contributed by atoms with van der Waals surface area (Å²) < 4.78 is 5.28. The van der Waals surface area contributed by atoms with Crippen molar-refractivity contribution in [2.24, 2.45) is 5.41 Å². The summed E-state index contributed by atoms with van der Waals surface area (Å²) in [6, 6.07) is 4.03. The molecule has 0 radical (unpaired) electrons. The molecule has 2 heteroatoms. The van der Waals surface area contributed by atoms with Crippen LogP contribution in [0.4, 0.5) is 0 Å². The van der Waals surface area contributed by atoms with E-state index >= 15 is 0 Å². The molecular formula is C15H24O2. The Balaban J connectivity index is 3.02. The zero-order valence-corrected chi connectivity index (χ0v) is 11.8. The highest BCUT2D eigenvalue weighted by atomic mass is 16.5. The summed E-state index contributed by atoms with van der Waals surface area (Å²) in [6.07, 6.45) is 0.360. The molecule has 0 amide bonds. The van der Waals surface area contributed by atoms with Gasteiger partial charge in [0.15, 0.2) is 0 Å². The molecular weight excluding hydrogens is 212 g/mol. The standard InChI is InChI=1S/C15H24O2/c1-10-8-14(17-6)11(2)7-12(10)13(16)9-15(3,4)5/h7-8,13,16H,9H2,1-6H3. The average molecular weight is 236 g/mol. The van der Waals surface area contributed by atoms with Gasteiger partial charge in [0, 0.05) is 0 Å². The van der Waals surface area contributed by atoms with E-state index < -0.39 is 6.10 Å². The number of aryl methyl sites for hydroxylation is 2. The first-order chi connectivity index (χ1) is 7.74. The van der Waals surface area contributed by atoms with Gasteiger partial charge in [0.2, 0.25) is 0 Å². The van der Waals surface area contributed by atoms with Crippen molar-refractivity contribution in [3.8, 4) is 5.75 Å². The Hall–Kier alpha value is -1.02. The van der Waals surface area contributed by atoms with Crippen LogP contribution in [0.5, 0.6) is 5.75 Å². The lowest BCUT2D eigenvalue weighted by molar-refractivity contribution is 0.121. The Morgan fingerprint density at radius 2 is 1.76 bits per heavy atom. The summed E-state index contributed by atoms with van der Waals surface area (Å²) in [4.78, 5) is 0. The van der Waals surface area contributed by atoms with Crippen LogP contribution in [0, 0.1) is 19.3 Å². The number of rotatable bonds is 3. The lowest BCUT2D eigenvalue weighted by Gasteiger charge is -2.24. The molecule has 1 rings (SSSR count). The van der Waals surface area contributed by atoms with Gasteiger partial charge >= 0.3 is 0 Å². The molecule has 0 aromatic heterocycles. The molecule has 0 aliphatic heterocycles. The topological polar surface area (TPSA) is 29.5 Å². The van der Waals surface area contributed by atoms with Crippen LogP contribution in [-0.2, 0) is 0 Å². The number of hydrogen-bond acceptors (Lipinski definition) is 2. The van der Waals surface area contributed by atoms with E-state index in [-0.39, 0.29) is 5.41 Å².